The molecule has 0 saturated heterocycles. The summed E-state index contributed by atoms with van der Waals surface area (Å²) < 4.78 is 13.8. The summed E-state index contributed by atoms with van der Waals surface area (Å²) in [7, 11) is 3.09. The molecule has 0 bridgehead atoms. The van der Waals surface area contributed by atoms with E-state index in [0.717, 1.165) is 11.3 Å². The Hall–Kier alpha value is -3.79. The molecule has 2 aromatic carbocycles. The quantitative estimate of drug-likeness (QED) is 0.424. The van der Waals surface area contributed by atoms with E-state index in [0.29, 0.717) is 39.1 Å². The molecule has 9 nitrogen and oxygen atoms in total. The van der Waals surface area contributed by atoms with E-state index in [2.05, 4.69) is 10.4 Å². The zero-order valence-corrected chi connectivity index (χ0v) is 19.8. The van der Waals surface area contributed by atoms with Crippen LogP contribution in [0.2, 0.25) is 0 Å². The largest absolute Gasteiger partial charge is 0.493 e. The fourth-order valence-electron chi connectivity index (χ4n) is 4.07. The van der Waals surface area contributed by atoms with Gasteiger partial charge in [-0.2, -0.15) is 5.10 Å². The molecular formula is C24H23N5O4S. The SMILES string of the molecule is COc1ccc(NC(=O)CC2CSc3nc4c(cnn4-c4cccc(C)c4)c(=O)n32)cc1OC. The molecule has 1 amide bonds. The monoisotopic (exact) mass is 477 g/mol. The van der Waals surface area contributed by atoms with Crippen LogP contribution in [-0.2, 0) is 4.79 Å². The highest BCUT2D eigenvalue weighted by Gasteiger charge is 2.29. The van der Waals surface area contributed by atoms with Crippen LogP contribution >= 0.6 is 11.8 Å². The Bertz CT molecular complexity index is 1460. The van der Waals surface area contributed by atoms with Gasteiger partial charge in [-0.3, -0.25) is 14.2 Å². The van der Waals surface area contributed by atoms with E-state index in [9.17, 15) is 9.59 Å². The minimum absolute atomic E-state index is 0.146. The topological polar surface area (TPSA) is 100 Å². The van der Waals surface area contributed by atoms with E-state index >= 15 is 0 Å². The van der Waals surface area contributed by atoms with Gasteiger partial charge in [0.2, 0.25) is 5.91 Å². The fourth-order valence-corrected chi connectivity index (χ4v) is 5.20. The summed E-state index contributed by atoms with van der Waals surface area (Å²) in [5.74, 6) is 1.49. The number of benzene rings is 2. The van der Waals surface area contributed by atoms with E-state index in [4.69, 9.17) is 14.5 Å². The molecule has 1 unspecified atom stereocenters. The summed E-state index contributed by atoms with van der Waals surface area (Å²) in [6.45, 7) is 2.00. The molecule has 0 radical (unpaired) electrons. The number of fused-ring (bicyclic) bond motifs is 2. The first kappa shape index (κ1) is 22.0. The molecule has 0 fully saturated rings. The molecule has 1 N–H and O–H groups in total. The van der Waals surface area contributed by atoms with Gasteiger partial charge >= 0.3 is 0 Å². The summed E-state index contributed by atoms with van der Waals surface area (Å²) in [4.78, 5) is 30.8. The first-order valence-electron chi connectivity index (χ1n) is 10.7. The highest BCUT2D eigenvalue weighted by atomic mass is 32.2. The zero-order chi connectivity index (χ0) is 23.8. The van der Waals surface area contributed by atoms with Crippen LogP contribution in [0.25, 0.3) is 16.7 Å². The molecule has 0 saturated carbocycles. The standard InChI is InChI=1S/C24H23N5O4S/c1-14-5-4-6-16(9-14)29-22-18(12-25-29)23(31)28-17(13-34-24(28)27-22)11-21(30)26-15-7-8-19(32-2)20(10-15)33-3/h4-10,12,17H,11,13H2,1-3H3,(H,26,30). The molecule has 1 aliphatic heterocycles. The Morgan fingerprint density at radius 3 is 2.76 bits per heavy atom. The predicted octanol–water partition coefficient (Wildman–Crippen LogP) is 3.58. The van der Waals surface area contributed by atoms with Crippen molar-refractivity contribution in [1.82, 2.24) is 19.3 Å². The maximum atomic E-state index is 13.3. The van der Waals surface area contributed by atoms with Gasteiger partial charge in [0.25, 0.3) is 5.56 Å². The van der Waals surface area contributed by atoms with Crippen LogP contribution < -0.4 is 20.3 Å². The van der Waals surface area contributed by atoms with E-state index in [1.807, 2.05) is 31.2 Å². The lowest BCUT2D eigenvalue weighted by molar-refractivity contribution is -0.116. The predicted molar refractivity (Wildman–Crippen MR) is 130 cm³/mol. The van der Waals surface area contributed by atoms with Crippen LogP contribution in [0.3, 0.4) is 0 Å². The third kappa shape index (κ3) is 3.90. The average Bonchev–Trinajstić information content (AvgIpc) is 3.44. The van der Waals surface area contributed by atoms with Gasteiger partial charge in [0.1, 0.15) is 5.39 Å². The van der Waals surface area contributed by atoms with Gasteiger partial charge < -0.3 is 14.8 Å². The maximum absolute atomic E-state index is 13.3. The van der Waals surface area contributed by atoms with E-state index in [1.54, 1.807) is 40.8 Å². The van der Waals surface area contributed by atoms with Gasteiger partial charge in [-0.15, -0.1) is 0 Å². The van der Waals surface area contributed by atoms with Gasteiger partial charge in [-0.1, -0.05) is 23.9 Å². The van der Waals surface area contributed by atoms with Crippen LogP contribution in [0.1, 0.15) is 18.0 Å². The van der Waals surface area contributed by atoms with Gasteiger partial charge in [0.15, 0.2) is 22.3 Å². The number of amides is 1. The Labute approximate surface area is 199 Å². The lowest BCUT2D eigenvalue weighted by atomic mass is 10.2. The van der Waals surface area contributed by atoms with Crippen molar-refractivity contribution in [1.29, 1.82) is 0 Å². The highest BCUT2D eigenvalue weighted by Crippen LogP contribution is 2.34. The van der Waals surface area contributed by atoms with Crippen molar-refractivity contribution in [3.63, 3.8) is 0 Å². The van der Waals surface area contributed by atoms with Crippen molar-refractivity contribution in [3.8, 4) is 17.2 Å². The lowest BCUT2D eigenvalue weighted by Gasteiger charge is -2.14. The minimum Gasteiger partial charge on any atom is -0.493 e. The van der Waals surface area contributed by atoms with Crippen molar-refractivity contribution in [2.45, 2.75) is 24.5 Å². The van der Waals surface area contributed by atoms with Gasteiger partial charge in [0, 0.05) is 23.9 Å². The van der Waals surface area contributed by atoms with Crippen LogP contribution in [0.5, 0.6) is 11.5 Å². The van der Waals surface area contributed by atoms with Gasteiger partial charge in [0.05, 0.1) is 32.1 Å². The number of rotatable bonds is 6. The number of carbonyl (C=O) groups is 1. The smallest absolute Gasteiger partial charge is 0.265 e. The third-order valence-corrected chi connectivity index (χ3v) is 6.80. The maximum Gasteiger partial charge on any atom is 0.265 e. The van der Waals surface area contributed by atoms with Crippen LogP contribution in [-0.4, -0.2) is 45.2 Å². The summed E-state index contributed by atoms with van der Waals surface area (Å²) in [6, 6.07) is 12.7. The van der Waals surface area contributed by atoms with Crippen molar-refractivity contribution in [2.75, 3.05) is 25.3 Å². The molecule has 5 rings (SSSR count). The molecule has 0 aliphatic carbocycles. The molecule has 174 valence electrons. The first-order chi connectivity index (χ1) is 16.5. The van der Waals surface area contributed by atoms with Crippen LogP contribution in [0, 0.1) is 6.92 Å². The van der Waals surface area contributed by atoms with Crippen molar-refractivity contribution >= 4 is 34.4 Å². The number of methoxy groups -OCH3 is 2. The Morgan fingerprint density at radius 1 is 1.18 bits per heavy atom. The number of hydrogen-bond acceptors (Lipinski definition) is 7. The number of ether oxygens (including phenoxy) is 2. The molecule has 34 heavy (non-hydrogen) atoms. The Morgan fingerprint density at radius 2 is 2.00 bits per heavy atom. The lowest BCUT2D eigenvalue weighted by Crippen LogP contribution is -2.27. The third-order valence-electron chi connectivity index (χ3n) is 5.71. The minimum atomic E-state index is -0.299. The number of carbonyl (C=O) groups excluding carboxylic acids is 1. The number of nitrogens with zero attached hydrogens (tertiary/aromatic N) is 4. The number of anilines is 1. The highest BCUT2D eigenvalue weighted by molar-refractivity contribution is 7.99. The van der Waals surface area contributed by atoms with Crippen molar-refractivity contribution < 1.29 is 14.3 Å². The number of hydrogen-bond donors (Lipinski definition) is 1. The average molecular weight is 478 g/mol. The summed E-state index contributed by atoms with van der Waals surface area (Å²) in [6.07, 6.45) is 1.69. The van der Waals surface area contributed by atoms with Gasteiger partial charge in [-0.05, 0) is 36.8 Å². The number of nitrogens with one attached hydrogen (secondary N) is 1. The van der Waals surface area contributed by atoms with E-state index in [1.165, 1.54) is 18.9 Å². The second kappa shape index (κ2) is 8.86. The number of aryl methyl sites for hydroxylation is 1. The fraction of sp³-hybridized carbons (Fsp3) is 0.250. The summed E-state index contributed by atoms with van der Waals surface area (Å²) in [5.41, 5.74) is 2.86. The second-order valence-corrected chi connectivity index (χ2v) is 8.98. The summed E-state index contributed by atoms with van der Waals surface area (Å²) >= 11 is 1.47. The molecule has 3 heterocycles. The van der Waals surface area contributed by atoms with Crippen molar-refractivity contribution in [3.05, 3.63) is 64.6 Å². The molecule has 1 aliphatic rings. The normalized spacial score (nSPS) is 14.7. The van der Waals surface area contributed by atoms with E-state index < -0.39 is 0 Å². The van der Waals surface area contributed by atoms with Crippen LogP contribution in [0.15, 0.2) is 58.6 Å². The molecule has 10 heteroatoms. The Kier molecular flexibility index (Phi) is 5.74. The first-order valence-corrected chi connectivity index (χ1v) is 11.7. The molecule has 0 spiro atoms. The van der Waals surface area contributed by atoms with Crippen LogP contribution in [0.4, 0.5) is 5.69 Å². The zero-order valence-electron chi connectivity index (χ0n) is 18.9. The number of thioether (sulfide) groups is 1. The molecule has 2 aromatic heterocycles. The van der Waals surface area contributed by atoms with Gasteiger partial charge in [-0.25, -0.2) is 9.67 Å². The Balaban J connectivity index is 1.40. The summed E-state index contributed by atoms with van der Waals surface area (Å²) in [5, 5.41) is 8.31. The van der Waals surface area contributed by atoms with Crippen molar-refractivity contribution in [2.24, 2.45) is 0 Å². The number of aromatic nitrogens is 4. The molecule has 1 atom stereocenters. The second-order valence-electron chi connectivity index (χ2n) is 7.99. The molecule has 4 aromatic rings. The molecular weight excluding hydrogens is 454 g/mol. The van der Waals surface area contributed by atoms with E-state index in [-0.39, 0.29) is 23.9 Å².